The number of carbonyl (C=O) groups is 12. The van der Waals surface area contributed by atoms with Crippen LogP contribution in [0.25, 0.3) is 0 Å². The summed E-state index contributed by atoms with van der Waals surface area (Å²) in [5.74, 6) is -11.1. The van der Waals surface area contributed by atoms with Crippen molar-refractivity contribution in [3.05, 3.63) is 47.7 Å². The molecular weight excluding hydrogens is 1120 g/mol. The largest absolute Gasteiger partial charge is 0.396 e. The molecule has 1 aromatic carbocycles. The van der Waals surface area contributed by atoms with E-state index >= 15 is 0 Å². The second-order valence-corrected chi connectivity index (χ2v) is 23.8. The molecule has 0 spiro atoms. The zero-order valence-corrected chi connectivity index (χ0v) is 52.4. The second-order valence-electron chi connectivity index (χ2n) is 23.8. The molecule has 0 bridgehead atoms. The van der Waals surface area contributed by atoms with Crippen molar-refractivity contribution in [2.75, 3.05) is 19.7 Å². The Morgan fingerprint density at radius 3 is 1.71 bits per heavy atom. The number of unbranched alkanes of at least 4 members (excludes halogenated alkanes) is 2. The highest BCUT2D eigenvalue weighted by molar-refractivity contribution is 6.03. The van der Waals surface area contributed by atoms with Crippen LogP contribution in [0.4, 0.5) is 0 Å². The van der Waals surface area contributed by atoms with Crippen molar-refractivity contribution in [2.24, 2.45) is 29.4 Å². The van der Waals surface area contributed by atoms with E-state index in [0.29, 0.717) is 31.2 Å². The quantitative estimate of drug-likeness (QED) is 0.0642. The molecule has 26 heteroatoms. The van der Waals surface area contributed by atoms with Gasteiger partial charge in [0, 0.05) is 44.9 Å². The lowest BCUT2D eigenvalue weighted by molar-refractivity contribution is -0.139. The fourth-order valence-corrected chi connectivity index (χ4v) is 10.2. The molecule has 14 N–H and O–H groups in total. The van der Waals surface area contributed by atoms with E-state index in [4.69, 9.17) is 5.73 Å². The highest BCUT2D eigenvalue weighted by Gasteiger charge is 2.43. The summed E-state index contributed by atoms with van der Waals surface area (Å²) in [6, 6.07) is -3.05. The van der Waals surface area contributed by atoms with Gasteiger partial charge in [0.15, 0.2) is 0 Å². The number of nitrogens with two attached hydrogens (primary N) is 1. The first-order valence-corrected chi connectivity index (χ1v) is 30.7. The molecule has 2 heterocycles. The van der Waals surface area contributed by atoms with E-state index in [1.54, 1.807) is 44.2 Å². The Morgan fingerprint density at radius 1 is 0.621 bits per heavy atom. The monoisotopic (exact) mass is 1220 g/mol. The van der Waals surface area contributed by atoms with Gasteiger partial charge in [-0.3, -0.25) is 57.5 Å². The molecule has 87 heavy (non-hydrogen) atoms. The van der Waals surface area contributed by atoms with Crippen LogP contribution in [-0.4, -0.2) is 166 Å². The minimum absolute atomic E-state index is 0.0630. The summed E-state index contributed by atoms with van der Waals surface area (Å²) >= 11 is 0. The Bertz CT molecular complexity index is 2550. The van der Waals surface area contributed by atoms with Crippen LogP contribution in [0.1, 0.15) is 158 Å². The van der Waals surface area contributed by atoms with Crippen molar-refractivity contribution in [2.45, 2.75) is 220 Å². The average Bonchev–Trinajstić information content (AvgIpc) is 2.38. The number of benzene rings is 1. The third-order valence-electron chi connectivity index (χ3n) is 15.6. The predicted molar refractivity (Wildman–Crippen MR) is 323 cm³/mol. The molecule has 2 fully saturated rings. The van der Waals surface area contributed by atoms with Crippen LogP contribution in [-0.2, 0) is 64.0 Å². The number of nitrogens with one attached hydrogen (secondary N) is 10. The van der Waals surface area contributed by atoms with Gasteiger partial charge in [-0.15, -0.1) is 0 Å². The summed E-state index contributed by atoms with van der Waals surface area (Å²) in [5, 5.41) is 47.9. The number of fused-ring (bicyclic) bond motifs is 1. The fourth-order valence-electron chi connectivity index (χ4n) is 10.2. The van der Waals surface area contributed by atoms with Crippen molar-refractivity contribution in [1.82, 2.24) is 58.1 Å². The molecule has 1 unspecified atom stereocenters. The minimum Gasteiger partial charge on any atom is -0.396 e. The number of carbonyl (C=O) groups excluding carboxylic acids is 12. The topological polar surface area (TPSA) is 395 Å². The minimum atomic E-state index is -1.54. The first-order valence-electron chi connectivity index (χ1n) is 30.7. The van der Waals surface area contributed by atoms with Crippen LogP contribution in [0.3, 0.4) is 0 Å². The van der Waals surface area contributed by atoms with Gasteiger partial charge in [-0.1, -0.05) is 131 Å². The zero-order chi connectivity index (χ0) is 65.1. The SMILES string of the molecule is C/C=C1/NC(=O)[C@@H](CCC(N)=O)NC(=O)CC(CCCCC)NC(=O)CNC(=O)[C@@H](CC(C)C)NC(=O)[C@H]([C@H](C)CC)NC(=O)[C@H]([C@H](C)CC)NC(=O)[C@@H](CC(C)C)NC(=O)[C@@H](Cc2ccccc2)NC(=O)[C@@H](CCO)NC(=O)[C@@H]2C[C@@H](O)CN2C1=O. The van der Waals surface area contributed by atoms with E-state index in [1.165, 1.54) is 13.0 Å². The summed E-state index contributed by atoms with van der Waals surface area (Å²) in [4.78, 5) is 169. The average molecular weight is 1220 g/mol. The van der Waals surface area contributed by atoms with Gasteiger partial charge >= 0.3 is 0 Å². The van der Waals surface area contributed by atoms with Crippen molar-refractivity contribution >= 4 is 70.9 Å². The number of amides is 12. The Morgan fingerprint density at radius 2 is 1.15 bits per heavy atom. The molecule has 2 aliphatic heterocycles. The van der Waals surface area contributed by atoms with Crippen LogP contribution in [0.5, 0.6) is 0 Å². The summed E-state index contributed by atoms with van der Waals surface area (Å²) in [5.41, 5.74) is 5.66. The molecular formula is C61H98N12O14. The molecule has 12 amide bonds. The number of aliphatic hydroxyl groups is 2. The van der Waals surface area contributed by atoms with Gasteiger partial charge < -0.3 is 74.0 Å². The van der Waals surface area contributed by atoms with E-state index in [2.05, 4.69) is 53.2 Å². The van der Waals surface area contributed by atoms with Crippen LogP contribution in [0.15, 0.2) is 42.1 Å². The Kier molecular flexibility index (Phi) is 31.6. The third-order valence-corrected chi connectivity index (χ3v) is 15.6. The van der Waals surface area contributed by atoms with E-state index in [9.17, 15) is 67.7 Å². The summed E-state index contributed by atoms with van der Waals surface area (Å²) in [7, 11) is 0. The maximum Gasteiger partial charge on any atom is 0.270 e. The highest BCUT2D eigenvalue weighted by Crippen LogP contribution is 2.22. The summed E-state index contributed by atoms with van der Waals surface area (Å²) in [6.07, 6.45) is 1.45. The first kappa shape index (κ1) is 73.8. The predicted octanol–water partition coefficient (Wildman–Crippen LogP) is 0.0218. The second kappa shape index (κ2) is 37.3. The molecule has 12 atom stereocenters. The maximum absolute atomic E-state index is 14.6. The molecule has 0 saturated carbocycles. The van der Waals surface area contributed by atoms with Gasteiger partial charge in [-0.25, -0.2) is 0 Å². The number of primary amides is 1. The number of allylic oxidation sites excluding steroid dienone is 1. The molecule has 26 nitrogen and oxygen atoms in total. The molecule has 2 aliphatic rings. The van der Waals surface area contributed by atoms with Crippen LogP contribution < -0.4 is 58.9 Å². The Balaban J connectivity index is 2.20. The molecule has 0 aliphatic carbocycles. The van der Waals surface area contributed by atoms with Gasteiger partial charge in [0.25, 0.3) is 5.91 Å². The number of hydrogen-bond donors (Lipinski definition) is 13. The van der Waals surface area contributed by atoms with Gasteiger partial charge in [0.1, 0.15) is 54.0 Å². The number of hydrogen-bond acceptors (Lipinski definition) is 14. The van der Waals surface area contributed by atoms with Crippen molar-refractivity contribution < 1.29 is 67.7 Å². The highest BCUT2D eigenvalue weighted by atomic mass is 16.3. The fraction of sp³-hybridized carbons (Fsp3) is 0.672. The van der Waals surface area contributed by atoms with Crippen molar-refractivity contribution in [1.29, 1.82) is 0 Å². The lowest BCUT2D eigenvalue weighted by Gasteiger charge is -2.31. The van der Waals surface area contributed by atoms with Gasteiger partial charge in [-0.05, 0) is 68.3 Å². The molecule has 3 rings (SSSR count). The van der Waals surface area contributed by atoms with Crippen LogP contribution in [0, 0.1) is 23.7 Å². The lowest BCUT2D eigenvalue weighted by atomic mass is 9.93. The standard InChI is InChI=1S/C61H98N12O14/c1-11-15-17-22-39-30-49(77)65-42(23-24-48(62)76)54(80)66-41(14-4)61(87)73-33-40(75)31-47(73)58(84)67-43(25-26-74)55(81)69-46(29-38-20-18-16-19-21-38)56(82)68-45(28-35(7)8)57(83)71-52(37(10)13-3)60(86)72-51(36(9)12-2)59(85)70-44(27-34(5)6)53(79)63-32-50(78)64-39/h14,16,18-21,34-37,39-40,42-47,51-52,74-75H,11-13,15,17,22-33H2,1-10H3,(H2,62,76)(H,63,79)(H,64,78)(H,65,77)(H,66,80)(H,67,84)(H,68,82)(H,69,81)(H,70,85)(H,71,83)(H,72,86)/b41-14+/t36-,37-,39?,40-,42-,43-,44-,45-,46-,47+,51+,52+/m1/s1. The summed E-state index contributed by atoms with van der Waals surface area (Å²) in [6.45, 7) is 16.1. The normalized spacial score (nSPS) is 26.6. The van der Waals surface area contributed by atoms with Crippen LogP contribution in [0.2, 0.25) is 0 Å². The lowest BCUT2D eigenvalue weighted by Crippen LogP contribution is -2.62. The molecule has 0 aromatic heterocycles. The summed E-state index contributed by atoms with van der Waals surface area (Å²) < 4.78 is 0. The number of aliphatic hydroxyl groups excluding tert-OH is 2. The first-order chi connectivity index (χ1) is 41.2. The number of rotatable bonds is 19. The Hall–Kier alpha value is -7.48. The Labute approximate surface area is 511 Å². The smallest absolute Gasteiger partial charge is 0.270 e. The van der Waals surface area contributed by atoms with Gasteiger partial charge in [0.2, 0.25) is 65.0 Å². The van der Waals surface area contributed by atoms with E-state index in [-0.39, 0.29) is 68.9 Å². The van der Waals surface area contributed by atoms with E-state index < -0.39 is 163 Å². The molecule has 486 valence electrons. The molecule has 0 radical (unpaired) electrons. The third kappa shape index (κ3) is 24.7. The zero-order valence-electron chi connectivity index (χ0n) is 52.4. The van der Waals surface area contributed by atoms with Crippen molar-refractivity contribution in [3.8, 4) is 0 Å². The molecule has 2 saturated heterocycles. The maximum atomic E-state index is 14.6. The van der Waals surface area contributed by atoms with E-state index in [0.717, 1.165) is 17.7 Å². The molecule has 1 aromatic rings. The van der Waals surface area contributed by atoms with Crippen LogP contribution >= 0.6 is 0 Å². The van der Waals surface area contributed by atoms with Crippen molar-refractivity contribution in [3.63, 3.8) is 0 Å². The van der Waals surface area contributed by atoms with E-state index in [1.807, 2.05) is 48.5 Å². The van der Waals surface area contributed by atoms with Gasteiger partial charge in [-0.2, -0.15) is 0 Å². The number of nitrogens with zero attached hydrogens (tertiary/aromatic N) is 1. The van der Waals surface area contributed by atoms with Gasteiger partial charge in [0.05, 0.1) is 12.6 Å².